The molecular weight excluding hydrogens is 443 g/mol. The van der Waals surface area contributed by atoms with E-state index in [-0.39, 0.29) is 17.9 Å². The molecule has 0 bridgehead atoms. The lowest BCUT2D eigenvalue weighted by Gasteiger charge is -2.39. The predicted octanol–water partition coefficient (Wildman–Crippen LogP) is 2.76. The topological polar surface area (TPSA) is 125 Å². The summed E-state index contributed by atoms with van der Waals surface area (Å²) < 4.78 is 42.6. The molecule has 0 saturated carbocycles. The standard InChI is InChI=1S/C20H22F3N7O3/c1-20(2,3)29(19(32)33)12(6-11-7-14(22)15(23)9-13(11)21)8-17(31)27-28-18-24-5-4-16-25-10-26-30(16)18/h4-5,7,9-10,12H,6,8H2,1-3H3,(H,24,28)(H,27,31)(H,32,33)/t12-/m1/s1. The van der Waals surface area contributed by atoms with Crippen molar-refractivity contribution in [3.05, 3.63) is 53.7 Å². The maximum atomic E-state index is 14.3. The van der Waals surface area contributed by atoms with Gasteiger partial charge >= 0.3 is 6.09 Å². The highest BCUT2D eigenvalue weighted by Crippen LogP contribution is 2.24. The molecule has 2 heterocycles. The van der Waals surface area contributed by atoms with Gasteiger partial charge in [-0.1, -0.05) is 0 Å². The summed E-state index contributed by atoms with van der Waals surface area (Å²) in [6, 6.07) is 1.54. The molecule has 0 spiro atoms. The molecule has 2 amide bonds. The summed E-state index contributed by atoms with van der Waals surface area (Å²) in [6.45, 7) is 4.80. The number of halogens is 3. The number of fused-ring (bicyclic) bond motifs is 1. The number of nitrogens with zero attached hydrogens (tertiary/aromatic N) is 5. The van der Waals surface area contributed by atoms with Crippen molar-refractivity contribution >= 4 is 23.6 Å². The number of carbonyl (C=O) groups is 2. The van der Waals surface area contributed by atoms with Crippen LogP contribution in [0.25, 0.3) is 5.65 Å². The van der Waals surface area contributed by atoms with Gasteiger partial charge in [0.2, 0.25) is 11.9 Å². The molecular formula is C20H22F3N7O3. The third-order valence-electron chi connectivity index (χ3n) is 4.77. The lowest BCUT2D eigenvalue weighted by Crippen LogP contribution is -2.53. The molecule has 0 aliphatic carbocycles. The maximum Gasteiger partial charge on any atom is 0.408 e. The Balaban J connectivity index is 1.82. The van der Waals surface area contributed by atoms with Crippen molar-refractivity contribution in [3.63, 3.8) is 0 Å². The van der Waals surface area contributed by atoms with Crippen LogP contribution < -0.4 is 10.9 Å². The van der Waals surface area contributed by atoms with Crippen molar-refractivity contribution in [3.8, 4) is 0 Å². The first kappa shape index (κ1) is 23.8. The summed E-state index contributed by atoms with van der Waals surface area (Å²) in [6.07, 6.45) is 0.605. The molecule has 0 radical (unpaired) electrons. The zero-order chi connectivity index (χ0) is 24.3. The highest BCUT2D eigenvalue weighted by Gasteiger charge is 2.35. The van der Waals surface area contributed by atoms with E-state index in [2.05, 4.69) is 25.9 Å². The first-order valence-electron chi connectivity index (χ1n) is 9.82. The van der Waals surface area contributed by atoms with Crippen LogP contribution in [0.5, 0.6) is 0 Å². The van der Waals surface area contributed by atoms with E-state index < -0.39 is 47.5 Å². The lowest BCUT2D eigenvalue weighted by molar-refractivity contribution is -0.122. The number of amides is 2. The molecule has 1 atom stereocenters. The summed E-state index contributed by atoms with van der Waals surface area (Å²) >= 11 is 0. The van der Waals surface area contributed by atoms with Gasteiger partial charge in [0.15, 0.2) is 17.3 Å². The molecule has 2 aromatic heterocycles. The molecule has 3 N–H and O–H groups in total. The van der Waals surface area contributed by atoms with Crippen molar-refractivity contribution in [1.82, 2.24) is 29.9 Å². The number of aromatic nitrogens is 4. The van der Waals surface area contributed by atoms with E-state index >= 15 is 0 Å². The summed E-state index contributed by atoms with van der Waals surface area (Å²) in [5.74, 6) is -4.19. The average molecular weight is 465 g/mol. The lowest BCUT2D eigenvalue weighted by atomic mass is 9.95. The SMILES string of the molecule is CC(C)(C)N(C(=O)O)[C@@H](CC(=O)NNc1nccc2ncnn12)Cc1cc(F)c(F)cc1F. The van der Waals surface area contributed by atoms with Gasteiger partial charge in [-0.2, -0.15) is 9.61 Å². The van der Waals surface area contributed by atoms with Crippen LogP contribution in [0.3, 0.4) is 0 Å². The van der Waals surface area contributed by atoms with Crippen molar-refractivity contribution in [2.45, 2.75) is 45.2 Å². The number of hydrogen-bond donors (Lipinski definition) is 3. The van der Waals surface area contributed by atoms with Gasteiger partial charge in [0, 0.05) is 36.3 Å². The number of nitrogens with one attached hydrogen (secondary N) is 2. The molecule has 3 aromatic rings. The van der Waals surface area contributed by atoms with Gasteiger partial charge in [-0.25, -0.2) is 27.9 Å². The van der Waals surface area contributed by atoms with E-state index in [1.54, 1.807) is 26.8 Å². The zero-order valence-corrected chi connectivity index (χ0v) is 18.0. The summed E-state index contributed by atoms with van der Waals surface area (Å²) in [7, 11) is 0. The fourth-order valence-electron chi connectivity index (χ4n) is 3.45. The Morgan fingerprint density at radius 2 is 1.85 bits per heavy atom. The van der Waals surface area contributed by atoms with Gasteiger partial charge in [0.1, 0.15) is 12.1 Å². The van der Waals surface area contributed by atoms with E-state index in [0.717, 1.165) is 4.90 Å². The van der Waals surface area contributed by atoms with Crippen molar-refractivity contribution in [1.29, 1.82) is 0 Å². The average Bonchev–Trinajstić information content (AvgIpc) is 3.18. The van der Waals surface area contributed by atoms with E-state index in [0.29, 0.717) is 17.8 Å². The number of benzene rings is 1. The number of hydrogen-bond acceptors (Lipinski definition) is 6. The fourth-order valence-corrected chi connectivity index (χ4v) is 3.45. The molecule has 0 unspecified atom stereocenters. The highest BCUT2D eigenvalue weighted by molar-refractivity contribution is 5.78. The van der Waals surface area contributed by atoms with Crippen LogP contribution >= 0.6 is 0 Å². The van der Waals surface area contributed by atoms with Gasteiger partial charge in [0.25, 0.3) is 0 Å². The molecule has 3 rings (SSSR count). The van der Waals surface area contributed by atoms with Gasteiger partial charge in [-0.3, -0.25) is 20.5 Å². The van der Waals surface area contributed by atoms with Crippen molar-refractivity contribution in [2.75, 3.05) is 5.43 Å². The van der Waals surface area contributed by atoms with Gasteiger partial charge in [0.05, 0.1) is 0 Å². The minimum Gasteiger partial charge on any atom is -0.465 e. The molecule has 10 nitrogen and oxygen atoms in total. The molecule has 1 aromatic carbocycles. The number of rotatable bonds is 7. The Morgan fingerprint density at radius 1 is 1.15 bits per heavy atom. The Hall–Kier alpha value is -3.90. The normalized spacial score (nSPS) is 12.4. The number of anilines is 1. The molecule has 0 aliphatic heterocycles. The third-order valence-corrected chi connectivity index (χ3v) is 4.77. The van der Waals surface area contributed by atoms with Crippen LogP contribution in [0.2, 0.25) is 0 Å². The smallest absolute Gasteiger partial charge is 0.408 e. The highest BCUT2D eigenvalue weighted by atomic mass is 19.2. The maximum absolute atomic E-state index is 14.3. The van der Waals surface area contributed by atoms with Gasteiger partial charge < -0.3 is 5.11 Å². The van der Waals surface area contributed by atoms with Crippen LogP contribution in [0.1, 0.15) is 32.8 Å². The Morgan fingerprint density at radius 3 is 2.52 bits per heavy atom. The largest absolute Gasteiger partial charge is 0.465 e. The second-order valence-corrected chi connectivity index (χ2v) is 8.21. The molecule has 13 heteroatoms. The second kappa shape index (κ2) is 9.30. The Labute approximate surface area is 186 Å². The zero-order valence-electron chi connectivity index (χ0n) is 18.0. The van der Waals surface area contributed by atoms with E-state index in [9.17, 15) is 27.9 Å². The van der Waals surface area contributed by atoms with E-state index in [1.807, 2.05) is 0 Å². The van der Waals surface area contributed by atoms with Crippen LogP contribution in [-0.2, 0) is 11.2 Å². The van der Waals surface area contributed by atoms with Crippen LogP contribution in [0, 0.1) is 17.5 Å². The van der Waals surface area contributed by atoms with E-state index in [4.69, 9.17) is 0 Å². The van der Waals surface area contributed by atoms with Crippen molar-refractivity contribution in [2.24, 2.45) is 0 Å². The second-order valence-electron chi connectivity index (χ2n) is 8.21. The minimum absolute atomic E-state index is 0.146. The molecule has 176 valence electrons. The van der Waals surface area contributed by atoms with Crippen molar-refractivity contribution < 1.29 is 27.9 Å². The molecule has 0 saturated heterocycles. The quantitative estimate of drug-likeness (QED) is 0.362. The minimum atomic E-state index is -1.37. The third kappa shape index (κ3) is 5.48. The summed E-state index contributed by atoms with van der Waals surface area (Å²) in [4.78, 5) is 33.6. The summed E-state index contributed by atoms with van der Waals surface area (Å²) in [5, 5.41) is 13.7. The first-order chi connectivity index (χ1) is 15.5. The van der Waals surface area contributed by atoms with Crippen LogP contribution in [-0.4, -0.2) is 53.2 Å². The van der Waals surface area contributed by atoms with Crippen LogP contribution in [0.4, 0.5) is 23.9 Å². The Bertz CT molecular complexity index is 1180. The fraction of sp³-hybridized carbons (Fsp3) is 0.350. The number of carbonyl (C=O) groups excluding carboxylic acids is 1. The number of hydrazine groups is 1. The van der Waals surface area contributed by atoms with E-state index in [1.165, 1.54) is 17.0 Å². The number of carboxylic acid groups (broad SMARTS) is 1. The molecule has 0 aliphatic rings. The van der Waals surface area contributed by atoms with Gasteiger partial charge in [-0.05, 0) is 38.8 Å². The predicted molar refractivity (Wildman–Crippen MR) is 111 cm³/mol. The first-order valence-corrected chi connectivity index (χ1v) is 9.82. The molecule has 0 fully saturated rings. The molecule has 33 heavy (non-hydrogen) atoms. The van der Waals surface area contributed by atoms with Crippen LogP contribution in [0.15, 0.2) is 30.7 Å². The summed E-state index contributed by atoms with van der Waals surface area (Å²) in [5.41, 5.74) is 4.20. The van der Waals surface area contributed by atoms with Gasteiger partial charge in [-0.15, -0.1) is 0 Å². The Kier molecular flexibility index (Phi) is 6.70. The monoisotopic (exact) mass is 465 g/mol.